The molecule has 0 saturated heterocycles. The van der Waals surface area contributed by atoms with Gasteiger partial charge in [0.1, 0.15) is 11.5 Å². The van der Waals surface area contributed by atoms with Crippen LogP contribution in [0.5, 0.6) is 0 Å². The number of pyridine rings is 2. The third-order valence-corrected chi connectivity index (χ3v) is 5.54. The first-order valence-electron chi connectivity index (χ1n) is 9.28. The minimum atomic E-state index is -0.417. The van der Waals surface area contributed by atoms with E-state index in [2.05, 4.69) is 16.1 Å². The monoisotopic (exact) mass is 379 g/mol. The van der Waals surface area contributed by atoms with E-state index in [-0.39, 0.29) is 12.5 Å². The second-order valence-electron chi connectivity index (χ2n) is 7.75. The SMILES string of the molecule is C[C@]1(CF)CCc2c(-c3ccn4nccc4c3)c(-c3ccc(F)cn3)nn2C1. The molecule has 5 heterocycles. The number of nitrogens with zero attached hydrogens (tertiary/aromatic N) is 5. The zero-order chi connectivity index (χ0) is 19.3. The first kappa shape index (κ1) is 17.0. The van der Waals surface area contributed by atoms with E-state index in [9.17, 15) is 8.78 Å². The van der Waals surface area contributed by atoms with E-state index in [1.54, 1.807) is 16.8 Å². The van der Waals surface area contributed by atoms with Crippen molar-refractivity contribution in [2.24, 2.45) is 5.41 Å². The first-order chi connectivity index (χ1) is 13.6. The van der Waals surface area contributed by atoms with Crippen LogP contribution in [0, 0.1) is 11.2 Å². The van der Waals surface area contributed by atoms with Gasteiger partial charge in [0.25, 0.3) is 0 Å². The number of hydrogen-bond acceptors (Lipinski definition) is 3. The fourth-order valence-electron chi connectivity index (χ4n) is 3.93. The molecule has 0 N–H and O–H groups in total. The van der Waals surface area contributed by atoms with Crippen molar-refractivity contribution in [3.05, 3.63) is 60.4 Å². The van der Waals surface area contributed by atoms with E-state index in [4.69, 9.17) is 5.10 Å². The molecule has 1 aliphatic heterocycles. The second-order valence-corrected chi connectivity index (χ2v) is 7.75. The third kappa shape index (κ3) is 2.69. The molecule has 0 aliphatic carbocycles. The van der Waals surface area contributed by atoms with Crippen LogP contribution in [0.3, 0.4) is 0 Å². The van der Waals surface area contributed by atoms with Gasteiger partial charge < -0.3 is 0 Å². The van der Waals surface area contributed by atoms with Gasteiger partial charge in [-0.1, -0.05) is 6.92 Å². The van der Waals surface area contributed by atoms with Crippen molar-refractivity contribution < 1.29 is 8.78 Å². The lowest BCUT2D eigenvalue weighted by Gasteiger charge is -2.31. The molecule has 0 saturated carbocycles. The van der Waals surface area contributed by atoms with Crippen LogP contribution in [0.15, 0.2) is 48.9 Å². The van der Waals surface area contributed by atoms with Crippen molar-refractivity contribution in [3.8, 4) is 22.5 Å². The summed E-state index contributed by atoms with van der Waals surface area (Å²) in [4.78, 5) is 4.24. The molecule has 7 heteroatoms. The van der Waals surface area contributed by atoms with Crippen LogP contribution in [0.4, 0.5) is 8.78 Å². The Morgan fingerprint density at radius 3 is 2.89 bits per heavy atom. The van der Waals surface area contributed by atoms with Crippen LogP contribution in [0.25, 0.3) is 28.0 Å². The standard InChI is InChI=1S/C21H19F2N5/c1-21(12-22)7-4-18-19(14-6-9-27-16(10-14)5-8-25-27)20(26-28(18)13-21)17-3-2-15(23)11-24-17/h2-3,5-6,8-11H,4,7,12-13H2,1H3/t21-/m1/s1. The summed E-state index contributed by atoms with van der Waals surface area (Å²) >= 11 is 0. The Labute approximate surface area is 160 Å². The summed E-state index contributed by atoms with van der Waals surface area (Å²) < 4.78 is 30.7. The molecule has 5 rings (SSSR count). The molecule has 0 bridgehead atoms. The van der Waals surface area contributed by atoms with Crippen molar-refractivity contribution >= 4 is 5.52 Å². The van der Waals surface area contributed by atoms with E-state index in [1.807, 2.05) is 29.9 Å². The van der Waals surface area contributed by atoms with Gasteiger partial charge in [0, 0.05) is 35.6 Å². The topological polar surface area (TPSA) is 48.0 Å². The molecule has 0 aromatic carbocycles. The van der Waals surface area contributed by atoms with Crippen molar-refractivity contribution in [3.63, 3.8) is 0 Å². The van der Waals surface area contributed by atoms with E-state index in [0.717, 1.165) is 35.2 Å². The van der Waals surface area contributed by atoms with Crippen LogP contribution in [-0.4, -0.2) is 31.1 Å². The van der Waals surface area contributed by atoms with Crippen molar-refractivity contribution in [1.82, 2.24) is 24.4 Å². The fraction of sp³-hybridized carbons (Fsp3) is 0.286. The lowest BCUT2D eigenvalue weighted by atomic mass is 9.82. The van der Waals surface area contributed by atoms with Crippen LogP contribution < -0.4 is 0 Å². The molecule has 28 heavy (non-hydrogen) atoms. The fourth-order valence-corrected chi connectivity index (χ4v) is 3.93. The van der Waals surface area contributed by atoms with Gasteiger partial charge in [-0.3, -0.25) is 14.1 Å². The summed E-state index contributed by atoms with van der Waals surface area (Å²) in [6.45, 7) is 2.08. The Balaban J connectivity index is 1.72. The minimum Gasteiger partial charge on any atom is -0.268 e. The highest BCUT2D eigenvalue weighted by Gasteiger charge is 2.34. The van der Waals surface area contributed by atoms with E-state index < -0.39 is 5.41 Å². The van der Waals surface area contributed by atoms with Crippen LogP contribution in [0.1, 0.15) is 19.0 Å². The Bertz CT molecular complexity index is 1160. The van der Waals surface area contributed by atoms with Crippen molar-refractivity contribution in [1.29, 1.82) is 0 Å². The average molecular weight is 379 g/mol. The molecule has 142 valence electrons. The molecule has 0 spiro atoms. The smallest absolute Gasteiger partial charge is 0.141 e. The lowest BCUT2D eigenvalue weighted by molar-refractivity contribution is 0.155. The summed E-state index contributed by atoms with van der Waals surface area (Å²) in [5.41, 5.74) is 4.90. The lowest BCUT2D eigenvalue weighted by Crippen LogP contribution is -2.32. The van der Waals surface area contributed by atoms with E-state index >= 15 is 0 Å². The minimum absolute atomic E-state index is 0.381. The number of halogens is 2. The Kier molecular flexibility index (Phi) is 3.79. The summed E-state index contributed by atoms with van der Waals surface area (Å²) in [5.74, 6) is -0.389. The van der Waals surface area contributed by atoms with Gasteiger partial charge in [-0.2, -0.15) is 10.2 Å². The molecule has 0 amide bonds. The van der Waals surface area contributed by atoms with Gasteiger partial charge in [-0.05, 0) is 48.7 Å². The third-order valence-electron chi connectivity index (χ3n) is 5.54. The predicted octanol–water partition coefficient (Wildman–Crippen LogP) is 4.32. The zero-order valence-electron chi connectivity index (χ0n) is 15.4. The highest BCUT2D eigenvalue weighted by atomic mass is 19.1. The van der Waals surface area contributed by atoms with Gasteiger partial charge in [-0.25, -0.2) is 8.91 Å². The molecule has 1 aliphatic rings. The van der Waals surface area contributed by atoms with Crippen molar-refractivity contribution in [2.75, 3.05) is 6.67 Å². The molecule has 0 fully saturated rings. The second kappa shape index (κ2) is 6.22. The first-order valence-corrected chi connectivity index (χ1v) is 9.28. The number of fused-ring (bicyclic) bond motifs is 2. The maximum Gasteiger partial charge on any atom is 0.141 e. The Morgan fingerprint density at radius 1 is 1.21 bits per heavy atom. The number of rotatable bonds is 3. The Morgan fingerprint density at radius 2 is 2.11 bits per heavy atom. The normalized spacial score (nSPS) is 19.1. The molecule has 4 aromatic heterocycles. The summed E-state index contributed by atoms with van der Waals surface area (Å²) in [5, 5.41) is 9.03. The maximum absolute atomic E-state index is 13.6. The highest BCUT2D eigenvalue weighted by Crippen LogP contribution is 2.40. The molecular formula is C21H19F2N5. The van der Waals surface area contributed by atoms with Gasteiger partial charge in [0.15, 0.2) is 0 Å². The zero-order valence-corrected chi connectivity index (χ0v) is 15.4. The van der Waals surface area contributed by atoms with E-state index in [0.29, 0.717) is 17.9 Å². The molecular weight excluding hydrogens is 360 g/mol. The van der Waals surface area contributed by atoms with Gasteiger partial charge in [0.2, 0.25) is 0 Å². The van der Waals surface area contributed by atoms with Crippen LogP contribution >= 0.6 is 0 Å². The molecule has 0 unspecified atom stereocenters. The largest absolute Gasteiger partial charge is 0.268 e. The predicted molar refractivity (Wildman–Crippen MR) is 102 cm³/mol. The molecule has 0 radical (unpaired) electrons. The number of alkyl halides is 1. The number of hydrogen-bond donors (Lipinski definition) is 0. The maximum atomic E-state index is 13.6. The molecule has 4 aromatic rings. The summed E-state index contributed by atoms with van der Waals surface area (Å²) in [6.07, 6.45) is 6.35. The van der Waals surface area contributed by atoms with Gasteiger partial charge >= 0.3 is 0 Å². The summed E-state index contributed by atoms with van der Waals surface area (Å²) in [7, 11) is 0. The van der Waals surface area contributed by atoms with Crippen LogP contribution in [-0.2, 0) is 13.0 Å². The Hall–Kier alpha value is -3.09. The average Bonchev–Trinajstić information content (AvgIpc) is 3.31. The summed E-state index contributed by atoms with van der Waals surface area (Å²) in [6, 6.07) is 9.01. The van der Waals surface area contributed by atoms with Gasteiger partial charge in [-0.15, -0.1) is 0 Å². The van der Waals surface area contributed by atoms with Gasteiger partial charge in [0.05, 0.1) is 24.1 Å². The highest BCUT2D eigenvalue weighted by molar-refractivity contribution is 5.83. The quantitative estimate of drug-likeness (QED) is 0.533. The molecule has 5 nitrogen and oxygen atoms in total. The van der Waals surface area contributed by atoms with Crippen LogP contribution in [0.2, 0.25) is 0 Å². The molecule has 1 atom stereocenters. The number of aromatic nitrogens is 5. The van der Waals surface area contributed by atoms with E-state index in [1.165, 1.54) is 12.3 Å². The van der Waals surface area contributed by atoms with Crippen molar-refractivity contribution in [2.45, 2.75) is 26.3 Å².